The molecule has 1 saturated heterocycles. The van der Waals surface area contributed by atoms with Crippen LogP contribution in [0.2, 0.25) is 5.02 Å². The van der Waals surface area contributed by atoms with E-state index < -0.39 is 5.82 Å². The summed E-state index contributed by atoms with van der Waals surface area (Å²) < 4.78 is 20.2. The van der Waals surface area contributed by atoms with Crippen LogP contribution in [0.4, 0.5) is 15.8 Å². The third-order valence-electron chi connectivity index (χ3n) is 3.36. The minimum atomic E-state index is -0.564. The van der Waals surface area contributed by atoms with E-state index in [2.05, 4.69) is 26.2 Å². The lowest BCUT2D eigenvalue weighted by Crippen LogP contribution is -2.17. The molecule has 1 heterocycles. The van der Waals surface area contributed by atoms with Crippen molar-refractivity contribution in [3.8, 4) is 0 Å². The van der Waals surface area contributed by atoms with Gasteiger partial charge in [-0.2, -0.15) is 0 Å². The summed E-state index contributed by atoms with van der Waals surface area (Å²) in [7, 11) is 0. The lowest BCUT2D eigenvalue weighted by molar-refractivity contribution is 0.0227. The van der Waals surface area contributed by atoms with Gasteiger partial charge in [0, 0.05) is 24.4 Å². The molecule has 1 atom stereocenters. The number of halogens is 3. The van der Waals surface area contributed by atoms with Gasteiger partial charge < -0.3 is 15.8 Å². The van der Waals surface area contributed by atoms with E-state index in [-0.39, 0.29) is 28.7 Å². The molecule has 7 heteroatoms. The van der Waals surface area contributed by atoms with E-state index in [9.17, 15) is 4.39 Å². The van der Waals surface area contributed by atoms with Crippen LogP contribution >= 0.6 is 27.5 Å². The van der Waals surface area contributed by atoms with Crippen molar-refractivity contribution in [2.45, 2.75) is 45.4 Å². The molecule has 0 aromatic heterocycles. The van der Waals surface area contributed by atoms with E-state index in [1.807, 2.05) is 13.8 Å². The number of benzene rings is 1. The summed E-state index contributed by atoms with van der Waals surface area (Å²) in [6.07, 6.45) is 4.45. The highest BCUT2D eigenvalue weighted by Crippen LogP contribution is 2.39. The average molecular weight is 393 g/mol. The smallest absolute Gasteiger partial charge is 0.168 e. The maximum absolute atomic E-state index is 14.3. The van der Waals surface area contributed by atoms with Crippen molar-refractivity contribution in [2.75, 3.05) is 17.7 Å². The Morgan fingerprint density at radius 1 is 1.50 bits per heavy atom. The van der Waals surface area contributed by atoms with Crippen LogP contribution in [0.3, 0.4) is 0 Å². The number of ether oxygens (including phenoxy) is 1. The Hall–Kier alpha value is -0.850. The lowest BCUT2D eigenvalue weighted by Gasteiger charge is -2.20. The highest BCUT2D eigenvalue weighted by Gasteiger charge is 2.20. The number of hydrogen-bond donors (Lipinski definition) is 2. The number of nitrogens with one attached hydrogen (secondary N) is 1. The molecule has 1 aliphatic rings. The molecule has 0 amide bonds. The van der Waals surface area contributed by atoms with Crippen molar-refractivity contribution in [3.05, 3.63) is 20.9 Å². The number of nitrogens with two attached hydrogens (primary N) is 1. The van der Waals surface area contributed by atoms with Gasteiger partial charge in [0.25, 0.3) is 0 Å². The minimum Gasteiger partial charge on any atom is -0.396 e. The first-order valence-electron chi connectivity index (χ1n) is 7.29. The Labute approximate surface area is 143 Å². The van der Waals surface area contributed by atoms with Crippen LogP contribution in [0.15, 0.2) is 9.47 Å². The first-order chi connectivity index (χ1) is 10.4. The third-order valence-corrected chi connectivity index (χ3v) is 4.77. The van der Waals surface area contributed by atoms with Gasteiger partial charge in [0.1, 0.15) is 6.23 Å². The zero-order valence-electron chi connectivity index (χ0n) is 12.6. The first kappa shape index (κ1) is 17.5. The number of nitrogen functional groups attached to an aromatic ring is 1. The van der Waals surface area contributed by atoms with E-state index in [0.29, 0.717) is 16.6 Å². The minimum absolute atomic E-state index is 0.0108. The van der Waals surface area contributed by atoms with Crippen molar-refractivity contribution in [1.82, 2.24) is 0 Å². The molecule has 1 aromatic rings. The molecule has 122 valence electrons. The van der Waals surface area contributed by atoms with Crippen LogP contribution in [-0.2, 0) is 4.74 Å². The standard InChI is InChI=1S/C15H20BrClFN3O/c1-8(2)21-15-13(18)12(17)11(16)9(14(15)19)7-20-10-5-3-4-6-22-10/h7-8,10,21H,3-6,19H2,1-2H3/b20-7+. The van der Waals surface area contributed by atoms with Gasteiger partial charge in [0.2, 0.25) is 0 Å². The first-order valence-corrected chi connectivity index (χ1v) is 8.46. The van der Waals surface area contributed by atoms with Crippen LogP contribution in [0.1, 0.15) is 38.7 Å². The second kappa shape index (κ2) is 7.62. The van der Waals surface area contributed by atoms with Gasteiger partial charge >= 0.3 is 0 Å². The molecule has 1 aromatic carbocycles. The molecule has 0 bridgehead atoms. The molecule has 1 aliphatic heterocycles. The number of hydrogen-bond acceptors (Lipinski definition) is 4. The molecular formula is C15H20BrClFN3O. The monoisotopic (exact) mass is 391 g/mol. The zero-order chi connectivity index (χ0) is 16.3. The van der Waals surface area contributed by atoms with Crippen molar-refractivity contribution < 1.29 is 9.13 Å². The molecule has 1 unspecified atom stereocenters. The van der Waals surface area contributed by atoms with Gasteiger partial charge in [0.05, 0.1) is 20.9 Å². The van der Waals surface area contributed by atoms with Gasteiger partial charge in [-0.05, 0) is 49.0 Å². The molecule has 4 nitrogen and oxygen atoms in total. The van der Waals surface area contributed by atoms with E-state index in [0.717, 1.165) is 19.3 Å². The Morgan fingerprint density at radius 3 is 2.82 bits per heavy atom. The predicted molar refractivity (Wildman–Crippen MR) is 93.5 cm³/mol. The highest BCUT2D eigenvalue weighted by atomic mass is 79.9. The summed E-state index contributed by atoms with van der Waals surface area (Å²) in [5.74, 6) is -0.564. The molecule has 22 heavy (non-hydrogen) atoms. The van der Waals surface area contributed by atoms with Crippen LogP contribution in [-0.4, -0.2) is 25.1 Å². The molecule has 0 radical (unpaired) electrons. The third kappa shape index (κ3) is 3.91. The number of rotatable bonds is 4. The number of anilines is 2. The summed E-state index contributed by atoms with van der Waals surface area (Å²) >= 11 is 9.35. The summed E-state index contributed by atoms with van der Waals surface area (Å²) in [5.41, 5.74) is 7.14. The molecule has 3 N–H and O–H groups in total. The Kier molecular flexibility index (Phi) is 6.06. The number of nitrogens with zero attached hydrogens (tertiary/aromatic N) is 1. The highest BCUT2D eigenvalue weighted by molar-refractivity contribution is 9.10. The van der Waals surface area contributed by atoms with Crippen LogP contribution in [0.5, 0.6) is 0 Å². The molecule has 0 aliphatic carbocycles. The second-order valence-electron chi connectivity index (χ2n) is 5.54. The Morgan fingerprint density at radius 2 is 2.23 bits per heavy atom. The summed E-state index contributed by atoms with van der Waals surface area (Å²) in [4.78, 5) is 4.40. The maximum Gasteiger partial charge on any atom is 0.168 e. The van der Waals surface area contributed by atoms with Gasteiger partial charge in [-0.1, -0.05) is 11.6 Å². The predicted octanol–water partition coefficient (Wildman–Crippen LogP) is 4.59. The van der Waals surface area contributed by atoms with Crippen molar-refractivity contribution in [3.63, 3.8) is 0 Å². The van der Waals surface area contributed by atoms with E-state index in [4.69, 9.17) is 22.1 Å². The van der Waals surface area contributed by atoms with Crippen molar-refractivity contribution >= 4 is 45.1 Å². The fourth-order valence-electron chi connectivity index (χ4n) is 2.25. The fourth-order valence-corrected chi connectivity index (χ4v) is 2.94. The maximum atomic E-state index is 14.3. The quantitative estimate of drug-likeness (QED) is 0.447. The average Bonchev–Trinajstić information content (AvgIpc) is 2.50. The van der Waals surface area contributed by atoms with E-state index >= 15 is 0 Å². The molecule has 0 saturated carbocycles. The van der Waals surface area contributed by atoms with E-state index in [1.54, 1.807) is 6.21 Å². The molecule has 2 rings (SSSR count). The van der Waals surface area contributed by atoms with Crippen LogP contribution in [0, 0.1) is 5.82 Å². The second-order valence-corrected chi connectivity index (χ2v) is 6.71. The molecule has 1 fully saturated rings. The van der Waals surface area contributed by atoms with Gasteiger partial charge in [0.15, 0.2) is 5.82 Å². The van der Waals surface area contributed by atoms with Gasteiger partial charge in [-0.25, -0.2) is 4.39 Å². The largest absolute Gasteiger partial charge is 0.396 e. The molecule has 0 spiro atoms. The van der Waals surface area contributed by atoms with Gasteiger partial charge in [-0.3, -0.25) is 4.99 Å². The van der Waals surface area contributed by atoms with E-state index in [1.165, 1.54) is 0 Å². The normalized spacial score (nSPS) is 19.1. The molecular weight excluding hydrogens is 373 g/mol. The van der Waals surface area contributed by atoms with Crippen molar-refractivity contribution in [2.24, 2.45) is 4.99 Å². The number of aliphatic imine (C=N–C) groups is 1. The summed E-state index contributed by atoms with van der Waals surface area (Å²) in [6.45, 7) is 4.51. The Balaban J connectivity index is 2.37. The SMILES string of the molecule is CC(C)Nc1c(N)c(/C=N/C2CCCCO2)c(Br)c(Cl)c1F. The Bertz CT molecular complexity index is 575. The van der Waals surface area contributed by atoms with Crippen LogP contribution < -0.4 is 11.1 Å². The summed E-state index contributed by atoms with van der Waals surface area (Å²) in [5, 5.41) is 2.98. The summed E-state index contributed by atoms with van der Waals surface area (Å²) in [6, 6.07) is 0.0282. The van der Waals surface area contributed by atoms with Crippen molar-refractivity contribution in [1.29, 1.82) is 0 Å². The van der Waals surface area contributed by atoms with Crippen LogP contribution in [0.25, 0.3) is 0 Å². The fraction of sp³-hybridized carbons (Fsp3) is 0.533. The zero-order valence-corrected chi connectivity index (χ0v) is 15.0. The lowest BCUT2D eigenvalue weighted by atomic mass is 10.1. The topological polar surface area (TPSA) is 59.6 Å². The van der Waals surface area contributed by atoms with Gasteiger partial charge in [-0.15, -0.1) is 0 Å².